The molecular weight excluding hydrogens is 166 g/mol. The number of hydrogen-bond donors (Lipinski definition) is 1. The third-order valence-corrected chi connectivity index (χ3v) is 1.95. The van der Waals surface area contributed by atoms with E-state index in [1.807, 2.05) is 7.05 Å². The smallest absolute Gasteiger partial charge is 0.303 e. The number of carboxylic acid groups (broad SMARTS) is 1. The summed E-state index contributed by atoms with van der Waals surface area (Å²) in [5, 5.41) is 8.44. The second-order valence-corrected chi connectivity index (χ2v) is 3.01. The second-order valence-electron chi connectivity index (χ2n) is 3.01. The van der Waals surface area contributed by atoms with E-state index in [9.17, 15) is 4.79 Å². The van der Waals surface area contributed by atoms with E-state index < -0.39 is 5.97 Å². The van der Waals surface area contributed by atoms with Crippen LogP contribution in [0, 0.1) is 5.92 Å². The van der Waals surface area contributed by atoms with Gasteiger partial charge in [0, 0.05) is 13.0 Å². The Morgan fingerprint density at radius 3 is 2.73 bits per heavy atom. The summed E-state index contributed by atoms with van der Waals surface area (Å²) in [5.74, 6) is -0.275. The lowest BCUT2D eigenvalue weighted by Gasteiger charge is -2.06. The van der Waals surface area contributed by atoms with Gasteiger partial charge in [-0.05, 0) is 25.9 Å². The maximum Gasteiger partial charge on any atom is 0.303 e. The minimum absolute atomic E-state index is 0. The maximum absolute atomic E-state index is 10.2. The second kappa shape index (κ2) is 4.57. The lowest BCUT2D eigenvalue weighted by Crippen LogP contribution is -2.15. The summed E-state index contributed by atoms with van der Waals surface area (Å²) in [6.45, 7) is 2.00. The molecule has 1 aliphatic heterocycles. The summed E-state index contributed by atoms with van der Waals surface area (Å²) in [6, 6.07) is 0. The molecule has 1 N–H and O–H groups in total. The first kappa shape index (κ1) is 10.7. The van der Waals surface area contributed by atoms with Gasteiger partial charge in [0.05, 0.1) is 0 Å². The highest BCUT2D eigenvalue weighted by Crippen LogP contribution is 2.17. The van der Waals surface area contributed by atoms with E-state index in [-0.39, 0.29) is 12.4 Å². The Hall–Kier alpha value is -0.280. The van der Waals surface area contributed by atoms with Crippen LogP contribution in [0.25, 0.3) is 0 Å². The van der Waals surface area contributed by atoms with Crippen molar-refractivity contribution in [2.24, 2.45) is 5.92 Å². The highest BCUT2D eigenvalue weighted by atomic mass is 35.5. The topological polar surface area (TPSA) is 40.5 Å². The molecule has 0 aromatic rings. The lowest BCUT2D eigenvalue weighted by atomic mass is 10.1. The molecule has 1 atom stereocenters. The molecule has 0 saturated carbocycles. The molecule has 66 valence electrons. The zero-order chi connectivity index (χ0) is 7.56. The summed E-state index contributed by atoms with van der Waals surface area (Å²) in [4.78, 5) is 12.4. The molecule has 0 aromatic carbocycles. The number of nitrogens with zero attached hydrogens (tertiary/aromatic N) is 1. The average molecular weight is 180 g/mol. The third-order valence-electron chi connectivity index (χ3n) is 1.95. The molecule has 1 rings (SSSR count). The maximum atomic E-state index is 10.2. The standard InChI is InChI=1S/C7H13NO2.ClH/c1-8-3-2-6(5-8)4-7(9)10;/h6H,2-5H2,1H3,(H,9,10);1H/t6-;/m0./s1. The number of carboxylic acids is 1. The van der Waals surface area contributed by atoms with Crippen molar-refractivity contribution in [2.45, 2.75) is 12.8 Å². The minimum Gasteiger partial charge on any atom is -0.481 e. The van der Waals surface area contributed by atoms with Crippen LogP contribution in [0.15, 0.2) is 0 Å². The van der Waals surface area contributed by atoms with Crippen molar-refractivity contribution in [1.82, 2.24) is 4.90 Å². The van der Waals surface area contributed by atoms with Crippen molar-refractivity contribution in [3.05, 3.63) is 0 Å². The Morgan fingerprint density at radius 1 is 1.73 bits per heavy atom. The summed E-state index contributed by atoms with van der Waals surface area (Å²) < 4.78 is 0. The normalized spacial score (nSPS) is 24.6. The molecule has 0 unspecified atom stereocenters. The fourth-order valence-electron chi connectivity index (χ4n) is 1.44. The van der Waals surface area contributed by atoms with E-state index in [0.717, 1.165) is 19.5 Å². The van der Waals surface area contributed by atoms with E-state index in [2.05, 4.69) is 4.90 Å². The van der Waals surface area contributed by atoms with Gasteiger partial charge in [-0.1, -0.05) is 0 Å². The van der Waals surface area contributed by atoms with E-state index in [4.69, 9.17) is 5.11 Å². The summed E-state index contributed by atoms with van der Waals surface area (Å²) in [7, 11) is 2.03. The monoisotopic (exact) mass is 179 g/mol. The zero-order valence-electron chi connectivity index (χ0n) is 6.62. The third kappa shape index (κ3) is 3.58. The van der Waals surface area contributed by atoms with E-state index in [0.29, 0.717) is 12.3 Å². The van der Waals surface area contributed by atoms with Crippen molar-refractivity contribution >= 4 is 18.4 Å². The molecule has 1 aliphatic rings. The fraction of sp³-hybridized carbons (Fsp3) is 0.857. The van der Waals surface area contributed by atoms with Gasteiger partial charge in [0.2, 0.25) is 0 Å². The first-order valence-corrected chi connectivity index (χ1v) is 3.59. The first-order valence-electron chi connectivity index (χ1n) is 3.59. The largest absolute Gasteiger partial charge is 0.481 e. The number of carbonyl (C=O) groups is 1. The number of aliphatic carboxylic acids is 1. The van der Waals surface area contributed by atoms with Crippen molar-refractivity contribution in [2.75, 3.05) is 20.1 Å². The van der Waals surface area contributed by atoms with E-state index in [1.54, 1.807) is 0 Å². The van der Waals surface area contributed by atoms with Gasteiger partial charge in [-0.25, -0.2) is 0 Å². The van der Waals surface area contributed by atoms with Gasteiger partial charge < -0.3 is 10.0 Å². The molecule has 1 saturated heterocycles. The quantitative estimate of drug-likeness (QED) is 0.683. The van der Waals surface area contributed by atoms with Crippen molar-refractivity contribution in [3.63, 3.8) is 0 Å². The summed E-state index contributed by atoms with van der Waals surface area (Å²) >= 11 is 0. The Labute approximate surface area is 72.8 Å². The molecule has 3 nitrogen and oxygen atoms in total. The molecule has 11 heavy (non-hydrogen) atoms. The van der Waals surface area contributed by atoms with Crippen molar-refractivity contribution in [3.8, 4) is 0 Å². The lowest BCUT2D eigenvalue weighted by molar-refractivity contribution is -0.138. The van der Waals surface area contributed by atoms with Gasteiger partial charge >= 0.3 is 5.97 Å². The minimum atomic E-state index is -0.666. The molecular formula is C7H14ClNO2. The van der Waals surface area contributed by atoms with Gasteiger partial charge in [0.1, 0.15) is 0 Å². The predicted molar refractivity (Wildman–Crippen MR) is 45.1 cm³/mol. The van der Waals surface area contributed by atoms with E-state index in [1.165, 1.54) is 0 Å². The van der Waals surface area contributed by atoms with Gasteiger partial charge in [0.15, 0.2) is 0 Å². The molecule has 0 spiro atoms. The Morgan fingerprint density at radius 2 is 2.36 bits per heavy atom. The Bertz CT molecular complexity index is 140. The molecule has 1 fully saturated rings. The molecule has 0 aliphatic carbocycles. The fourth-order valence-corrected chi connectivity index (χ4v) is 1.44. The summed E-state index contributed by atoms with van der Waals surface area (Å²) in [6.07, 6.45) is 1.38. The Balaban J connectivity index is 0.000001000. The number of likely N-dealkylation sites (tertiary alicyclic amines) is 1. The van der Waals surface area contributed by atoms with Crippen LogP contribution in [0.5, 0.6) is 0 Å². The summed E-state index contributed by atoms with van der Waals surface area (Å²) in [5.41, 5.74) is 0. The number of hydrogen-bond acceptors (Lipinski definition) is 2. The highest BCUT2D eigenvalue weighted by Gasteiger charge is 2.21. The molecule has 0 radical (unpaired) electrons. The van der Waals surface area contributed by atoms with Crippen molar-refractivity contribution in [1.29, 1.82) is 0 Å². The average Bonchev–Trinajstić information content (AvgIpc) is 2.13. The number of rotatable bonds is 2. The van der Waals surface area contributed by atoms with Crippen LogP contribution in [-0.2, 0) is 4.79 Å². The van der Waals surface area contributed by atoms with Gasteiger partial charge in [-0.2, -0.15) is 0 Å². The molecule has 0 aromatic heterocycles. The molecule has 1 heterocycles. The van der Waals surface area contributed by atoms with Crippen LogP contribution in [-0.4, -0.2) is 36.1 Å². The number of halogens is 1. The van der Waals surface area contributed by atoms with Gasteiger partial charge in [-0.3, -0.25) is 4.79 Å². The van der Waals surface area contributed by atoms with Gasteiger partial charge in [-0.15, -0.1) is 12.4 Å². The zero-order valence-corrected chi connectivity index (χ0v) is 7.43. The Kier molecular flexibility index (Phi) is 4.45. The molecule has 0 bridgehead atoms. The highest BCUT2D eigenvalue weighted by molar-refractivity contribution is 5.85. The van der Waals surface area contributed by atoms with Crippen LogP contribution in [0.2, 0.25) is 0 Å². The van der Waals surface area contributed by atoms with Crippen LogP contribution in [0.3, 0.4) is 0 Å². The van der Waals surface area contributed by atoms with Crippen LogP contribution >= 0.6 is 12.4 Å². The van der Waals surface area contributed by atoms with Crippen LogP contribution in [0.1, 0.15) is 12.8 Å². The van der Waals surface area contributed by atoms with Crippen LogP contribution < -0.4 is 0 Å². The van der Waals surface area contributed by atoms with Crippen molar-refractivity contribution < 1.29 is 9.90 Å². The molecule has 0 amide bonds. The SMILES string of the molecule is CN1CC[C@@H](CC(=O)O)C1.Cl. The predicted octanol–water partition coefficient (Wildman–Crippen LogP) is 0.835. The first-order chi connectivity index (χ1) is 4.68. The van der Waals surface area contributed by atoms with Crippen LogP contribution in [0.4, 0.5) is 0 Å². The van der Waals surface area contributed by atoms with Gasteiger partial charge in [0.25, 0.3) is 0 Å². The molecule has 4 heteroatoms. The van der Waals surface area contributed by atoms with E-state index >= 15 is 0 Å².